The summed E-state index contributed by atoms with van der Waals surface area (Å²) >= 11 is 1.72. The smallest absolute Gasteiger partial charge is 0.336 e. The minimum atomic E-state index is -0.952. The fourth-order valence-electron chi connectivity index (χ4n) is 2.29. The first-order chi connectivity index (χ1) is 8.66. The van der Waals surface area contributed by atoms with E-state index in [0.29, 0.717) is 16.7 Å². The van der Waals surface area contributed by atoms with Crippen molar-refractivity contribution >= 4 is 28.6 Å². The number of fused-ring (bicyclic) bond motifs is 2. The van der Waals surface area contributed by atoms with Gasteiger partial charge >= 0.3 is 5.97 Å². The highest BCUT2D eigenvalue weighted by atomic mass is 32.2. The standard InChI is InChI=1S/C13H11NO3S/c15-7-1-2-10-8(5-7)12(13(16)17)9-6-18-4-3-11(9)14-10/h1-2,5,15H,3-4,6H2,(H,16,17). The van der Waals surface area contributed by atoms with Gasteiger partial charge in [-0.2, -0.15) is 11.8 Å². The molecule has 2 aromatic rings. The van der Waals surface area contributed by atoms with E-state index in [0.717, 1.165) is 23.4 Å². The first-order valence-corrected chi connectivity index (χ1v) is 6.78. The Morgan fingerprint density at radius 3 is 3.00 bits per heavy atom. The Morgan fingerprint density at radius 1 is 1.39 bits per heavy atom. The lowest BCUT2D eigenvalue weighted by molar-refractivity contribution is 0.0698. The van der Waals surface area contributed by atoms with Gasteiger partial charge in [-0.05, 0) is 35.9 Å². The van der Waals surface area contributed by atoms with Crippen LogP contribution < -0.4 is 0 Å². The van der Waals surface area contributed by atoms with E-state index in [9.17, 15) is 15.0 Å². The largest absolute Gasteiger partial charge is 0.508 e. The number of rotatable bonds is 1. The van der Waals surface area contributed by atoms with Crippen molar-refractivity contribution in [1.82, 2.24) is 4.98 Å². The fourth-order valence-corrected chi connectivity index (χ4v) is 3.29. The number of phenols is 1. The van der Waals surface area contributed by atoms with E-state index in [1.165, 1.54) is 12.1 Å². The zero-order chi connectivity index (χ0) is 12.7. The van der Waals surface area contributed by atoms with Crippen LogP contribution in [0, 0.1) is 0 Å². The third-order valence-corrected chi connectivity index (χ3v) is 4.08. The van der Waals surface area contributed by atoms with Gasteiger partial charge in [-0.3, -0.25) is 4.98 Å². The molecule has 0 aliphatic carbocycles. The maximum absolute atomic E-state index is 11.5. The van der Waals surface area contributed by atoms with Crippen molar-refractivity contribution in [2.24, 2.45) is 0 Å². The maximum atomic E-state index is 11.5. The lowest BCUT2D eigenvalue weighted by atomic mass is 10.00. The third kappa shape index (κ3) is 1.71. The van der Waals surface area contributed by atoms with Crippen molar-refractivity contribution < 1.29 is 15.0 Å². The highest BCUT2D eigenvalue weighted by Crippen LogP contribution is 2.32. The summed E-state index contributed by atoms with van der Waals surface area (Å²) in [4.78, 5) is 16.0. The highest BCUT2D eigenvalue weighted by Gasteiger charge is 2.22. The molecule has 2 N–H and O–H groups in total. The van der Waals surface area contributed by atoms with E-state index < -0.39 is 5.97 Å². The van der Waals surface area contributed by atoms with Gasteiger partial charge in [0, 0.05) is 16.8 Å². The predicted octanol–water partition coefficient (Wildman–Crippen LogP) is 2.43. The molecule has 3 rings (SSSR count). The fraction of sp³-hybridized carbons (Fsp3) is 0.231. The number of carbonyl (C=O) groups is 1. The number of hydrogen-bond acceptors (Lipinski definition) is 4. The van der Waals surface area contributed by atoms with Crippen LogP contribution in [0.2, 0.25) is 0 Å². The number of aromatic carboxylic acids is 1. The zero-order valence-corrected chi connectivity index (χ0v) is 10.3. The minimum Gasteiger partial charge on any atom is -0.508 e. The van der Waals surface area contributed by atoms with Crippen molar-refractivity contribution in [1.29, 1.82) is 0 Å². The second-order valence-electron chi connectivity index (χ2n) is 4.22. The number of aryl methyl sites for hydroxylation is 1. The highest BCUT2D eigenvalue weighted by molar-refractivity contribution is 7.98. The molecule has 0 radical (unpaired) electrons. The molecule has 1 aromatic carbocycles. The summed E-state index contributed by atoms with van der Waals surface area (Å²) in [5.74, 6) is 0.764. The van der Waals surface area contributed by atoms with Gasteiger partial charge in [-0.15, -0.1) is 0 Å². The molecule has 92 valence electrons. The number of benzene rings is 1. The molecule has 2 heterocycles. The van der Waals surface area contributed by atoms with Crippen molar-refractivity contribution in [3.05, 3.63) is 35.0 Å². The summed E-state index contributed by atoms with van der Waals surface area (Å²) in [5.41, 5.74) is 2.61. The molecule has 1 aliphatic heterocycles. The van der Waals surface area contributed by atoms with Crippen LogP contribution in [0.15, 0.2) is 18.2 Å². The van der Waals surface area contributed by atoms with Crippen LogP contribution in [-0.2, 0) is 12.2 Å². The van der Waals surface area contributed by atoms with Crippen molar-refractivity contribution in [3.63, 3.8) is 0 Å². The number of nitrogens with zero attached hydrogens (tertiary/aromatic N) is 1. The molecule has 0 saturated carbocycles. The normalized spacial score (nSPS) is 14.4. The third-order valence-electron chi connectivity index (χ3n) is 3.10. The Labute approximate surface area is 108 Å². The van der Waals surface area contributed by atoms with E-state index in [-0.39, 0.29) is 11.3 Å². The number of thioether (sulfide) groups is 1. The molecule has 18 heavy (non-hydrogen) atoms. The maximum Gasteiger partial charge on any atom is 0.336 e. The summed E-state index contributed by atoms with van der Waals surface area (Å²) in [6.45, 7) is 0. The first-order valence-electron chi connectivity index (χ1n) is 5.62. The van der Waals surface area contributed by atoms with Gasteiger partial charge in [0.05, 0.1) is 11.1 Å². The average Bonchev–Trinajstić information content (AvgIpc) is 2.35. The molecule has 1 aromatic heterocycles. The van der Waals surface area contributed by atoms with Gasteiger partial charge in [0.1, 0.15) is 5.75 Å². The molecule has 0 unspecified atom stereocenters. The Morgan fingerprint density at radius 2 is 2.22 bits per heavy atom. The number of aromatic hydroxyl groups is 1. The lowest BCUT2D eigenvalue weighted by Gasteiger charge is -2.18. The van der Waals surface area contributed by atoms with E-state index in [4.69, 9.17) is 0 Å². The molecule has 0 atom stereocenters. The van der Waals surface area contributed by atoms with Gasteiger partial charge < -0.3 is 10.2 Å². The van der Waals surface area contributed by atoms with Gasteiger partial charge in [0.15, 0.2) is 0 Å². The number of pyridine rings is 1. The SMILES string of the molecule is O=C(O)c1c2c(nc3ccc(O)cc13)CCSC2. The topological polar surface area (TPSA) is 70.4 Å². The van der Waals surface area contributed by atoms with Crippen LogP contribution in [0.25, 0.3) is 10.9 Å². The molecule has 4 nitrogen and oxygen atoms in total. The van der Waals surface area contributed by atoms with Crippen LogP contribution >= 0.6 is 11.8 Å². The van der Waals surface area contributed by atoms with Gasteiger partial charge in [0.2, 0.25) is 0 Å². The van der Waals surface area contributed by atoms with E-state index in [1.807, 2.05) is 0 Å². The molecule has 5 heteroatoms. The van der Waals surface area contributed by atoms with Crippen LogP contribution in [-0.4, -0.2) is 26.9 Å². The Kier molecular flexibility index (Phi) is 2.63. The molecular formula is C13H11NO3S. The summed E-state index contributed by atoms with van der Waals surface area (Å²) in [6.07, 6.45) is 0.803. The number of carboxylic acids is 1. The molecule has 0 fully saturated rings. The Balaban J connectivity index is 2.41. The summed E-state index contributed by atoms with van der Waals surface area (Å²) < 4.78 is 0. The number of phenolic OH excluding ortho intramolecular Hbond substituents is 1. The second-order valence-corrected chi connectivity index (χ2v) is 5.33. The summed E-state index contributed by atoms with van der Waals surface area (Å²) in [7, 11) is 0. The molecule has 0 amide bonds. The molecule has 0 bridgehead atoms. The van der Waals surface area contributed by atoms with Crippen LogP contribution in [0.1, 0.15) is 21.6 Å². The minimum absolute atomic E-state index is 0.0650. The van der Waals surface area contributed by atoms with E-state index in [1.54, 1.807) is 17.8 Å². The summed E-state index contributed by atoms with van der Waals surface area (Å²) in [6, 6.07) is 4.68. The van der Waals surface area contributed by atoms with E-state index >= 15 is 0 Å². The molecule has 0 saturated heterocycles. The van der Waals surface area contributed by atoms with Gasteiger partial charge in [0.25, 0.3) is 0 Å². The average molecular weight is 261 g/mol. The quantitative estimate of drug-likeness (QED) is 0.825. The van der Waals surface area contributed by atoms with Gasteiger partial charge in [-0.1, -0.05) is 0 Å². The summed E-state index contributed by atoms with van der Waals surface area (Å²) in [5, 5.41) is 19.4. The monoisotopic (exact) mass is 261 g/mol. The van der Waals surface area contributed by atoms with E-state index in [2.05, 4.69) is 4.98 Å². The van der Waals surface area contributed by atoms with Crippen LogP contribution in [0.5, 0.6) is 5.75 Å². The first kappa shape index (κ1) is 11.3. The van der Waals surface area contributed by atoms with Crippen LogP contribution in [0.3, 0.4) is 0 Å². The second kappa shape index (κ2) is 4.17. The Hall–Kier alpha value is -1.75. The number of carboxylic acid groups (broad SMARTS) is 1. The van der Waals surface area contributed by atoms with Crippen molar-refractivity contribution in [3.8, 4) is 5.75 Å². The predicted molar refractivity (Wildman–Crippen MR) is 70.2 cm³/mol. The molecule has 1 aliphatic rings. The van der Waals surface area contributed by atoms with Crippen molar-refractivity contribution in [2.75, 3.05) is 5.75 Å². The molecular weight excluding hydrogens is 250 g/mol. The Bertz CT molecular complexity index is 654. The lowest BCUT2D eigenvalue weighted by Crippen LogP contribution is -2.13. The van der Waals surface area contributed by atoms with Crippen molar-refractivity contribution in [2.45, 2.75) is 12.2 Å². The zero-order valence-electron chi connectivity index (χ0n) is 9.51. The number of aromatic nitrogens is 1. The van der Waals surface area contributed by atoms with Gasteiger partial charge in [-0.25, -0.2) is 4.79 Å². The number of hydrogen-bond donors (Lipinski definition) is 2. The van der Waals surface area contributed by atoms with Crippen LogP contribution in [0.4, 0.5) is 0 Å². The molecule has 0 spiro atoms.